The molecule has 0 atom stereocenters. The second kappa shape index (κ2) is 4.51. The van der Waals surface area contributed by atoms with Crippen LogP contribution in [0, 0.1) is 5.82 Å². The number of hydrogen-bond donors (Lipinski definition) is 0. The second-order valence-corrected chi connectivity index (χ2v) is 4.80. The van der Waals surface area contributed by atoms with E-state index < -0.39 is 5.82 Å². The van der Waals surface area contributed by atoms with E-state index in [-0.39, 0.29) is 10.9 Å². The van der Waals surface area contributed by atoms with Crippen molar-refractivity contribution in [1.82, 2.24) is 19.3 Å². The van der Waals surface area contributed by atoms with Crippen LogP contribution in [0.25, 0.3) is 16.7 Å². The van der Waals surface area contributed by atoms with E-state index in [1.807, 2.05) is 6.20 Å². The van der Waals surface area contributed by atoms with Crippen molar-refractivity contribution >= 4 is 34.2 Å². The maximum Gasteiger partial charge on any atom is 0.144 e. The molecular weight excluding hydrogens is 290 g/mol. The third kappa shape index (κ3) is 1.99. The molecule has 0 aliphatic rings. The molecule has 0 saturated carbocycles. The number of halogens is 3. The van der Waals surface area contributed by atoms with Crippen LogP contribution < -0.4 is 0 Å². The molecule has 0 N–H and O–H groups in total. The average Bonchev–Trinajstić information content (AvgIpc) is 2.93. The van der Waals surface area contributed by atoms with E-state index in [0.29, 0.717) is 16.9 Å². The Balaban J connectivity index is 2.35. The minimum absolute atomic E-state index is 0.0458. The summed E-state index contributed by atoms with van der Waals surface area (Å²) in [6, 6.07) is 2.85. The van der Waals surface area contributed by atoms with Crippen LogP contribution >= 0.6 is 23.2 Å². The number of hydrogen-bond acceptors (Lipinski definition) is 2. The van der Waals surface area contributed by atoms with Crippen molar-refractivity contribution < 1.29 is 4.39 Å². The number of imidazole rings is 1. The van der Waals surface area contributed by atoms with Gasteiger partial charge < -0.3 is 0 Å². The summed E-state index contributed by atoms with van der Waals surface area (Å²) < 4.78 is 17.1. The lowest BCUT2D eigenvalue weighted by Gasteiger charge is -2.04. The van der Waals surface area contributed by atoms with Gasteiger partial charge in [0.1, 0.15) is 11.6 Å². The largest absolute Gasteiger partial charge is 0.292 e. The predicted molar refractivity (Wildman–Crippen MR) is 72.4 cm³/mol. The highest BCUT2D eigenvalue weighted by Crippen LogP contribution is 2.27. The average molecular weight is 299 g/mol. The quantitative estimate of drug-likeness (QED) is 0.681. The zero-order chi connectivity index (χ0) is 13.6. The maximum atomic E-state index is 13.6. The molecule has 0 aliphatic carbocycles. The Labute approximate surface area is 118 Å². The van der Waals surface area contributed by atoms with Gasteiger partial charge in [0.15, 0.2) is 0 Å². The molecule has 7 heteroatoms. The van der Waals surface area contributed by atoms with Crippen LogP contribution in [0.15, 0.2) is 24.5 Å². The Morgan fingerprint density at radius 1 is 1.37 bits per heavy atom. The van der Waals surface area contributed by atoms with Gasteiger partial charge in [0.05, 0.1) is 33.8 Å². The molecule has 0 spiro atoms. The number of alkyl halides is 1. The lowest BCUT2D eigenvalue weighted by atomic mass is 10.3. The minimum atomic E-state index is -0.486. The third-order valence-electron chi connectivity index (χ3n) is 2.83. The van der Waals surface area contributed by atoms with E-state index in [2.05, 4.69) is 10.1 Å². The van der Waals surface area contributed by atoms with Gasteiger partial charge in [-0.05, 0) is 6.07 Å². The molecule has 4 nitrogen and oxygen atoms in total. The summed E-state index contributed by atoms with van der Waals surface area (Å²) in [5.74, 6) is 0.342. The summed E-state index contributed by atoms with van der Waals surface area (Å²) in [6.07, 6.45) is 3.48. The normalized spacial score (nSPS) is 11.4. The fourth-order valence-electron chi connectivity index (χ4n) is 2.02. The monoisotopic (exact) mass is 298 g/mol. The molecule has 0 bridgehead atoms. The summed E-state index contributed by atoms with van der Waals surface area (Å²) in [6.45, 7) is 0. The molecule has 98 valence electrons. The van der Waals surface area contributed by atoms with E-state index >= 15 is 0 Å². The van der Waals surface area contributed by atoms with Crippen molar-refractivity contribution in [2.24, 2.45) is 7.05 Å². The van der Waals surface area contributed by atoms with Crippen LogP contribution in [-0.4, -0.2) is 19.3 Å². The van der Waals surface area contributed by atoms with Crippen LogP contribution in [0.3, 0.4) is 0 Å². The van der Waals surface area contributed by atoms with Crippen molar-refractivity contribution in [3.63, 3.8) is 0 Å². The number of aryl methyl sites for hydroxylation is 1. The summed E-state index contributed by atoms with van der Waals surface area (Å²) in [7, 11) is 1.81. The number of nitrogens with zero attached hydrogens (tertiary/aromatic N) is 4. The molecule has 3 aromatic rings. The SMILES string of the molecule is Cn1cc(-n2c(CCl)nc3cc(Cl)c(F)cc32)cn1. The van der Waals surface area contributed by atoms with Gasteiger partial charge in [-0.25, -0.2) is 9.37 Å². The van der Waals surface area contributed by atoms with Crippen LogP contribution in [-0.2, 0) is 12.9 Å². The standard InChI is InChI=1S/C12H9Cl2FN4/c1-18-6-7(5-16-18)19-11-3-9(15)8(14)2-10(11)17-12(19)4-13/h2-3,5-6H,4H2,1H3. The molecule has 0 aliphatic heterocycles. The van der Waals surface area contributed by atoms with Crippen molar-refractivity contribution in [3.05, 3.63) is 41.2 Å². The predicted octanol–water partition coefficient (Wildman–Crippen LogP) is 3.29. The van der Waals surface area contributed by atoms with Crippen LogP contribution in [0.2, 0.25) is 5.02 Å². The Kier molecular flexibility index (Phi) is 2.95. The van der Waals surface area contributed by atoms with Crippen molar-refractivity contribution in [2.75, 3.05) is 0 Å². The first-order valence-corrected chi connectivity index (χ1v) is 6.42. The number of aromatic nitrogens is 4. The second-order valence-electron chi connectivity index (χ2n) is 4.12. The first-order valence-electron chi connectivity index (χ1n) is 5.51. The molecule has 2 aromatic heterocycles. The van der Waals surface area contributed by atoms with Gasteiger partial charge in [-0.1, -0.05) is 11.6 Å². The van der Waals surface area contributed by atoms with Gasteiger partial charge in [-0.2, -0.15) is 5.10 Å². The lowest BCUT2D eigenvalue weighted by Crippen LogP contribution is -1.98. The molecule has 0 saturated heterocycles. The molecule has 1 aromatic carbocycles. The van der Waals surface area contributed by atoms with E-state index in [1.165, 1.54) is 12.1 Å². The fourth-order valence-corrected chi connectivity index (χ4v) is 2.36. The lowest BCUT2D eigenvalue weighted by molar-refractivity contribution is 0.629. The van der Waals surface area contributed by atoms with Gasteiger partial charge in [-0.15, -0.1) is 11.6 Å². The first kappa shape index (κ1) is 12.4. The number of benzene rings is 1. The molecule has 3 rings (SSSR count). The highest BCUT2D eigenvalue weighted by molar-refractivity contribution is 6.31. The van der Waals surface area contributed by atoms with Crippen molar-refractivity contribution in [3.8, 4) is 5.69 Å². The van der Waals surface area contributed by atoms with Crippen molar-refractivity contribution in [2.45, 2.75) is 5.88 Å². The maximum absolute atomic E-state index is 13.6. The van der Waals surface area contributed by atoms with Crippen LogP contribution in [0.5, 0.6) is 0 Å². The molecule has 19 heavy (non-hydrogen) atoms. The zero-order valence-corrected chi connectivity index (χ0v) is 11.5. The summed E-state index contributed by atoms with van der Waals surface area (Å²) in [5.41, 5.74) is 2.00. The van der Waals surface area contributed by atoms with Gasteiger partial charge in [-0.3, -0.25) is 9.25 Å². The minimum Gasteiger partial charge on any atom is -0.292 e. The zero-order valence-electron chi connectivity index (χ0n) is 9.94. The van der Waals surface area contributed by atoms with Gasteiger partial charge in [0, 0.05) is 19.3 Å². The third-order valence-corrected chi connectivity index (χ3v) is 3.36. The highest BCUT2D eigenvalue weighted by atomic mass is 35.5. The van der Waals surface area contributed by atoms with E-state index in [1.54, 1.807) is 22.5 Å². The van der Waals surface area contributed by atoms with E-state index in [0.717, 1.165) is 5.69 Å². The van der Waals surface area contributed by atoms with Crippen molar-refractivity contribution in [1.29, 1.82) is 0 Å². The summed E-state index contributed by atoms with van der Waals surface area (Å²) >= 11 is 11.7. The topological polar surface area (TPSA) is 35.6 Å². The number of fused-ring (bicyclic) bond motifs is 1. The molecule has 2 heterocycles. The van der Waals surface area contributed by atoms with E-state index in [9.17, 15) is 4.39 Å². The Morgan fingerprint density at radius 3 is 2.79 bits per heavy atom. The molecule has 0 amide bonds. The first-order chi connectivity index (χ1) is 9.10. The number of rotatable bonds is 2. The molecule has 0 fully saturated rings. The van der Waals surface area contributed by atoms with Crippen LogP contribution in [0.1, 0.15) is 5.82 Å². The Hall–Kier alpha value is -1.59. The molecular formula is C12H9Cl2FN4. The van der Waals surface area contributed by atoms with Gasteiger partial charge in [0.2, 0.25) is 0 Å². The van der Waals surface area contributed by atoms with Gasteiger partial charge >= 0.3 is 0 Å². The smallest absolute Gasteiger partial charge is 0.144 e. The summed E-state index contributed by atoms with van der Waals surface area (Å²) in [5, 5.41) is 4.15. The Morgan fingerprint density at radius 2 is 2.16 bits per heavy atom. The fraction of sp³-hybridized carbons (Fsp3) is 0.167. The molecule has 0 radical (unpaired) electrons. The van der Waals surface area contributed by atoms with E-state index in [4.69, 9.17) is 23.2 Å². The van der Waals surface area contributed by atoms with Crippen LogP contribution in [0.4, 0.5) is 4.39 Å². The molecule has 0 unspecified atom stereocenters. The highest BCUT2D eigenvalue weighted by Gasteiger charge is 2.15. The Bertz CT molecular complexity index is 763. The summed E-state index contributed by atoms with van der Waals surface area (Å²) in [4.78, 5) is 4.36. The van der Waals surface area contributed by atoms with Gasteiger partial charge in [0.25, 0.3) is 0 Å².